The normalized spacial score (nSPS) is 14.8. The third kappa shape index (κ3) is 4.66. The first-order valence-electron chi connectivity index (χ1n) is 18.9. The first kappa shape index (κ1) is 31.5. The summed E-state index contributed by atoms with van der Waals surface area (Å²) in [5.74, 6) is 0.734. The molecule has 2 aromatic heterocycles. The van der Waals surface area contributed by atoms with Crippen LogP contribution in [0.1, 0.15) is 33.6 Å². The second-order valence-corrected chi connectivity index (χ2v) is 14.8. The predicted octanol–water partition coefficient (Wildman–Crippen LogP) is 12.7. The number of aromatic nitrogens is 3. The number of hydrogen-bond acceptors (Lipinski definition) is 3. The molecule has 11 rings (SSSR count). The van der Waals surface area contributed by atoms with Crippen LogP contribution < -0.4 is 0 Å². The number of benzene rings is 7. The first-order chi connectivity index (χ1) is 27.1. The molecular weight excluding hydrogens is 667 g/mol. The molecule has 0 amide bonds. The summed E-state index contributed by atoms with van der Waals surface area (Å²) in [5, 5.41) is 2.39. The van der Waals surface area contributed by atoms with Gasteiger partial charge in [0.1, 0.15) is 0 Å². The van der Waals surface area contributed by atoms with E-state index in [4.69, 9.17) is 9.97 Å². The van der Waals surface area contributed by atoms with Crippen LogP contribution in [-0.4, -0.2) is 15.0 Å². The highest BCUT2D eigenvalue weighted by molar-refractivity contribution is 5.98. The fourth-order valence-electron chi connectivity index (χ4n) is 9.34. The molecule has 0 N–H and O–H groups in total. The highest BCUT2D eigenvalue weighted by atomic mass is 14.9. The second kappa shape index (κ2) is 12.0. The van der Waals surface area contributed by atoms with E-state index in [0.717, 1.165) is 39.6 Å². The Morgan fingerprint density at radius 3 is 1.64 bits per heavy atom. The van der Waals surface area contributed by atoms with Gasteiger partial charge in [-0.3, -0.25) is 4.98 Å². The van der Waals surface area contributed by atoms with Crippen molar-refractivity contribution in [2.75, 3.05) is 0 Å². The lowest BCUT2D eigenvalue weighted by Gasteiger charge is -2.31. The standard InChI is InChI=1S/C52H35N3/c1-32-22-23-37(31-53-32)40-16-6-5-15-39(40)35-24-26-43-41-17-7-9-20-46(41)52(48(43)29-35)47-21-10-8-18-42(47)44-27-25-36(30-49(44)52)51-54-33(2)28-50(55-51)45-19-11-13-34-12-3-4-14-38(34)45/h3-31H,1-2H3. The van der Waals surface area contributed by atoms with Gasteiger partial charge in [-0.25, -0.2) is 9.97 Å². The van der Waals surface area contributed by atoms with Crippen LogP contribution >= 0.6 is 0 Å². The highest BCUT2D eigenvalue weighted by Gasteiger charge is 2.51. The van der Waals surface area contributed by atoms with E-state index in [2.05, 4.69) is 182 Å². The third-order valence-electron chi connectivity index (χ3n) is 11.7. The molecule has 2 aliphatic rings. The van der Waals surface area contributed by atoms with E-state index in [-0.39, 0.29) is 0 Å². The molecule has 0 radical (unpaired) electrons. The molecule has 0 saturated heterocycles. The van der Waals surface area contributed by atoms with E-state index in [1.807, 2.05) is 13.1 Å². The summed E-state index contributed by atoms with van der Waals surface area (Å²) >= 11 is 0. The fraction of sp³-hybridized carbons (Fsp3) is 0.0577. The van der Waals surface area contributed by atoms with Crippen LogP contribution in [0.5, 0.6) is 0 Å². The second-order valence-electron chi connectivity index (χ2n) is 14.8. The summed E-state index contributed by atoms with van der Waals surface area (Å²) in [4.78, 5) is 15.0. The van der Waals surface area contributed by atoms with Gasteiger partial charge in [0.2, 0.25) is 0 Å². The van der Waals surface area contributed by atoms with Gasteiger partial charge < -0.3 is 0 Å². The van der Waals surface area contributed by atoms with Gasteiger partial charge in [0.25, 0.3) is 0 Å². The SMILES string of the molecule is Cc1ccc(-c2ccccc2-c2ccc3c(c2)C2(c4ccccc4-c4ccc(-c5nc(C)cc(-c6cccc7ccccc67)n5)cc42)c2ccccc2-3)cn1. The molecular formula is C52H35N3. The summed E-state index contributed by atoms with van der Waals surface area (Å²) in [6.45, 7) is 4.10. The van der Waals surface area contributed by atoms with E-state index < -0.39 is 5.41 Å². The van der Waals surface area contributed by atoms with Crippen molar-refractivity contribution in [3.63, 3.8) is 0 Å². The maximum absolute atomic E-state index is 5.28. The molecule has 1 atom stereocenters. The summed E-state index contributed by atoms with van der Waals surface area (Å²) in [6.07, 6.45) is 1.99. The maximum atomic E-state index is 5.28. The molecule has 258 valence electrons. The highest BCUT2D eigenvalue weighted by Crippen LogP contribution is 2.63. The minimum atomic E-state index is -0.521. The van der Waals surface area contributed by atoms with Crippen molar-refractivity contribution in [3.05, 3.63) is 210 Å². The average Bonchev–Trinajstić information content (AvgIpc) is 3.70. The monoisotopic (exact) mass is 701 g/mol. The van der Waals surface area contributed by atoms with Gasteiger partial charge in [0.05, 0.1) is 11.1 Å². The van der Waals surface area contributed by atoms with E-state index in [1.54, 1.807) is 0 Å². The van der Waals surface area contributed by atoms with Gasteiger partial charge in [0.15, 0.2) is 5.82 Å². The molecule has 1 unspecified atom stereocenters. The molecule has 2 heterocycles. The van der Waals surface area contributed by atoms with E-state index in [1.165, 1.54) is 72.0 Å². The molecule has 7 aromatic carbocycles. The molecule has 9 aromatic rings. The fourth-order valence-corrected chi connectivity index (χ4v) is 9.34. The number of hydrogen-bond donors (Lipinski definition) is 0. The molecule has 0 aliphatic heterocycles. The average molecular weight is 702 g/mol. The number of fused-ring (bicyclic) bond motifs is 11. The van der Waals surface area contributed by atoms with Crippen LogP contribution in [0.4, 0.5) is 0 Å². The number of aryl methyl sites for hydroxylation is 2. The van der Waals surface area contributed by atoms with Crippen molar-refractivity contribution in [2.24, 2.45) is 0 Å². The molecule has 2 aliphatic carbocycles. The van der Waals surface area contributed by atoms with Gasteiger partial charge in [-0.15, -0.1) is 0 Å². The van der Waals surface area contributed by atoms with Crippen molar-refractivity contribution < 1.29 is 0 Å². The summed E-state index contributed by atoms with van der Waals surface area (Å²) < 4.78 is 0. The van der Waals surface area contributed by atoms with Crippen LogP contribution in [0.25, 0.3) is 77.9 Å². The third-order valence-corrected chi connectivity index (χ3v) is 11.7. The topological polar surface area (TPSA) is 38.7 Å². The van der Waals surface area contributed by atoms with Crippen molar-refractivity contribution in [1.82, 2.24) is 15.0 Å². The van der Waals surface area contributed by atoms with Gasteiger partial charge in [-0.1, -0.05) is 146 Å². The van der Waals surface area contributed by atoms with Crippen molar-refractivity contribution in [3.8, 4) is 67.2 Å². The zero-order valence-electron chi connectivity index (χ0n) is 30.6. The van der Waals surface area contributed by atoms with Crippen molar-refractivity contribution in [2.45, 2.75) is 19.3 Å². The van der Waals surface area contributed by atoms with E-state index in [9.17, 15) is 0 Å². The van der Waals surface area contributed by atoms with Gasteiger partial charge in [-0.2, -0.15) is 0 Å². The lowest BCUT2D eigenvalue weighted by molar-refractivity contribution is 0.794. The van der Waals surface area contributed by atoms with Crippen LogP contribution in [0, 0.1) is 13.8 Å². The first-order valence-corrected chi connectivity index (χ1v) is 18.9. The van der Waals surface area contributed by atoms with Crippen molar-refractivity contribution in [1.29, 1.82) is 0 Å². The Bertz CT molecular complexity index is 2990. The smallest absolute Gasteiger partial charge is 0.160 e. The Hall–Kier alpha value is -6.97. The number of rotatable bonds is 4. The van der Waals surface area contributed by atoms with Crippen LogP contribution in [0.2, 0.25) is 0 Å². The van der Waals surface area contributed by atoms with Crippen LogP contribution in [0.15, 0.2) is 176 Å². The lowest BCUT2D eigenvalue weighted by Crippen LogP contribution is -2.26. The Labute approximate surface area is 320 Å². The molecule has 3 nitrogen and oxygen atoms in total. The molecule has 0 bridgehead atoms. The summed E-state index contributed by atoms with van der Waals surface area (Å²) in [5.41, 5.74) is 19.4. The lowest BCUT2D eigenvalue weighted by atomic mass is 9.70. The zero-order valence-corrected chi connectivity index (χ0v) is 30.6. The largest absolute Gasteiger partial charge is 0.261 e. The minimum Gasteiger partial charge on any atom is -0.261 e. The van der Waals surface area contributed by atoms with E-state index >= 15 is 0 Å². The number of nitrogens with zero attached hydrogens (tertiary/aromatic N) is 3. The quantitative estimate of drug-likeness (QED) is 0.183. The van der Waals surface area contributed by atoms with Gasteiger partial charge >= 0.3 is 0 Å². The summed E-state index contributed by atoms with van der Waals surface area (Å²) in [7, 11) is 0. The minimum absolute atomic E-state index is 0.521. The molecule has 1 spiro atoms. The predicted molar refractivity (Wildman–Crippen MR) is 225 cm³/mol. The van der Waals surface area contributed by atoms with Gasteiger partial charge in [-0.05, 0) is 110 Å². The Morgan fingerprint density at radius 2 is 0.927 bits per heavy atom. The molecule has 0 fully saturated rings. The molecule has 0 saturated carbocycles. The van der Waals surface area contributed by atoms with Gasteiger partial charge in [0, 0.05) is 34.3 Å². The van der Waals surface area contributed by atoms with E-state index in [0.29, 0.717) is 0 Å². The molecule has 55 heavy (non-hydrogen) atoms. The molecule has 3 heteroatoms. The maximum Gasteiger partial charge on any atom is 0.160 e. The number of pyridine rings is 1. The zero-order chi connectivity index (χ0) is 36.7. The van der Waals surface area contributed by atoms with Crippen LogP contribution in [0.3, 0.4) is 0 Å². The Morgan fingerprint density at radius 1 is 0.382 bits per heavy atom. The Balaban J connectivity index is 1.14. The Kier molecular flexibility index (Phi) is 6.90. The van der Waals surface area contributed by atoms with Crippen LogP contribution in [-0.2, 0) is 5.41 Å². The summed E-state index contributed by atoms with van der Waals surface area (Å²) in [6, 6.07) is 62.0. The van der Waals surface area contributed by atoms with Crippen molar-refractivity contribution >= 4 is 10.8 Å².